The lowest BCUT2D eigenvalue weighted by Gasteiger charge is -2.22. The zero-order valence-electron chi connectivity index (χ0n) is 19.4. The topological polar surface area (TPSA) is 76.8 Å². The molecule has 4 aromatic rings. The van der Waals surface area contributed by atoms with Crippen LogP contribution >= 0.6 is 11.8 Å². The summed E-state index contributed by atoms with van der Waals surface area (Å²) in [4.78, 5) is 33.7. The molecule has 2 heterocycles. The molecule has 1 aliphatic heterocycles. The van der Waals surface area contributed by atoms with Gasteiger partial charge in [0, 0.05) is 17.2 Å². The van der Waals surface area contributed by atoms with E-state index in [1.165, 1.54) is 16.4 Å². The van der Waals surface area contributed by atoms with E-state index in [9.17, 15) is 9.59 Å². The summed E-state index contributed by atoms with van der Waals surface area (Å²) < 4.78 is 7.02. The van der Waals surface area contributed by atoms with Crippen LogP contribution in [0.25, 0.3) is 16.5 Å². The van der Waals surface area contributed by atoms with Crippen molar-refractivity contribution in [3.63, 3.8) is 0 Å². The second-order valence-corrected chi connectivity index (χ2v) is 9.06. The molecule has 1 unspecified atom stereocenters. The van der Waals surface area contributed by atoms with E-state index in [-0.39, 0.29) is 23.2 Å². The van der Waals surface area contributed by atoms with Gasteiger partial charge in [0.15, 0.2) is 10.9 Å². The summed E-state index contributed by atoms with van der Waals surface area (Å²) in [6, 6.07) is 23.6. The molecule has 3 aromatic carbocycles. The number of carbonyl (C=O) groups is 1. The Morgan fingerprint density at radius 3 is 2.49 bits per heavy atom. The zero-order valence-corrected chi connectivity index (χ0v) is 20.2. The number of nitrogens with zero attached hydrogens (tertiary/aromatic N) is 4. The van der Waals surface area contributed by atoms with E-state index in [4.69, 9.17) is 9.73 Å². The van der Waals surface area contributed by atoms with Gasteiger partial charge in [-0.25, -0.2) is 4.99 Å². The minimum Gasteiger partial charge on any atom is -0.492 e. The summed E-state index contributed by atoms with van der Waals surface area (Å²) >= 11 is 1.52. The molecule has 0 bridgehead atoms. The van der Waals surface area contributed by atoms with Crippen molar-refractivity contribution in [3.05, 3.63) is 94.9 Å². The molecule has 35 heavy (non-hydrogen) atoms. The van der Waals surface area contributed by atoms with Crippen molar-refractivity contribution in [1.82, 2.24) is 14.7 Å². The minimum atomic E-state index is -0.295. The SMILES string of the molecule is CCOc1ccccc1N=C1SCC(C)N1C(=O)c1nn(-c2ccccc2)c(=O)c2ccccc12. The van der Waals surface area contributed by atoms with Crippen LogP contribution in [0.15, 0.2) is 88.6 Å². The smallest absolute Gasteiger partial charge is 0.281 e. The molecule has 8 heteroatoms. The molecular weight excluding hydrogens is 460 g/mol. The van der Waals surface area contributed by atoms with Gasteiger partial charge < -0.3 is 4.74 Å². The lowest BCUT2D eigenvalue weighted by molar-refractivity contribution is 0.0823. The third-order valence-corrected chi connectivity index (χ3v) is 6.90. The summed E-state index contributed by atoms with van der Waals surface area (Å²) in [6.45, 7) is 4.42. The molecule has 1 aliphatic rings. The predicted molar refractivity (Wildman–Crippen MR) is 140 cm³/mol. The molecule has 0 radical (unpaired) electrons. The summed E-state index contributed by atoms with van der Waals surface area (Å²) in [5, 5.41) is 6.10. The first-order valence-electron chi connectivity index (χ1n) is 11.4. The monoisotopic (exact) mass is 484 g/mol. The number of hydrogen-bond donors (Lipinski definition) is 0. The highest BCUT2D eigenvalue weighted by molar-refractivity contribution is 8.14. The Kier molecular flexibility index (Phi) is 6.37. The van der Waals surface area contributed by atoms with Gasteiger partial charge in [-0.1, -0.05) is 60.3 Å². The van der Waals surface area contributed by atoms with Crippen LogP contribution in [0.4, 0.5) is 5.69 Å². The van der Waals surface area contributed by atoms with Gasteiger partial charge >= 0.3 is 0 Å². The van der Waals surface area contributed by atoms with E-state index in [0.29, 0.717) is 45.4 Å². The fourth-order valence-corrected chi connectivity index (χ4v) is 5.14. The first-order valence-corrected chi connectivity index (χ1v) is 12.4. The van der Waals surface area contributed by atoms with Crippen molar-refractivity contribution in [2.75, 3.05) is 12.4 Å². The number of ether oxygens (including phenoxy) is 1. The fourth-order valence-electron chi connectivity index (χ4n) is 4.04. The van der Waals surface area contributed by atoms with Gasteiger partial charge in [-0.05, 0) is 44.2 Å². The Morgan fingerprint density at radius 1 is 1.03 bits per heavy atom. The third kappa shape index (κ3) is 4.33. The maximum Gasteiger partial charge on any atom is 0.281 e. The van der Waals surface area contributed by atoms with Crippen molar-refractivity contribution < 1.29 is 9.53 Å². The van der Waals surface area contributed by atoms with Crippen LogP contribution in [0.1, 0.15) is 24.3 Å². The van der Waals surface area contributed by atoms with E-state index in [1.54, 1.807) is 35.2 Å². The Bertz CT molecular complexity index is 1480. The summed E-state index contributed by atoms with van der Waals surface area (Å²) in [7, 11) is 0. The minimum absolute atomic E-state index is 0.0943. The van der Waals surface area contributed by atoms with Crippen LogP contribution in [0.5, 0.6) is 5.75 Å². The zero-order chi connectivity index (χ0) is 24.4. The number of hydrogen-bond acceptors (Lipinski definition) is 6. The average molecular weight is 485 g/mol. The molecule has 1 fully saturated rings. The van der Waals surface area contributed by atoms with Crippen molar-refractivity contribution in [3.8, 4) is 11.4 Å². The Morgan fingerprint density at radius 2 is 1.71 bits per heavy atom. The second-order valence-electron chi connectivity index (χ2n) is 8.08. The van der Waals surface area contributed by atoms with Crippen LogP contribution in [0, 0.1) is 0 Å². The highest BCUT2D eigenvalue weighted by atomic mass is 32.2. The van der Waals surface area contributed by atoms with E-state index >= 15 is 0 Å². The first-order chi connectivity index (χ1) is 17.1. The Balaban J connectivity index is 1.64. The number of rotatable bonds is 5. The number of amides is 1. The summed E-state index contributed by atoms with van der Waals surface area (Å²) in [5.41, 5.74) is 1.20. The fraction of sp³-hybridized carbons (Fsp3) is 0.185. The number of aromatic nitrogens is 2. The van der Waals surface area contributed by atoms with Crippen LogP contribution < -0.4 is 10.3 Å². The highest BCUT2D eigenvalue weighted by Crippen LogP contribution is 2.33. The molecule has 0 saturated carbocycles. The van der Waals surface area contributed by atoms with Gasteiger partial charge in [-0.3, -0.25) is 14.5 Å². The first kappa shape index (κ1) is 22.9. The van der Waals surface area contributed by atoms with Crippen molar-refractivity contribution in [2.24, 2.45) is 4.99 Å². The van der Waals surface area contributed by atoms with E-state index in [0.717, 1.165) is 0 Å². The van der Waals surface area contributed by atoms with E-state index in [2.05, 4.69) is 5.10 Å². The van der Waals surface area contributed by atoms with E-state index in [1.807, 2.05) is 62.4 Å². The molecular formula is C27H24N4O3S. The number of amidine groups is 1. The lowest BCUT2D eigenvalue weighted by Crippen LogP contribution is -2.39. The molecule has 5 rings (SSSR count). The Labute approximate surface area is 207 Å². The second kappa shape index (κ2) is 9.76. The average Bonchev–Trinajstić information content (AvgIpc) is 3.25. The standard InChI is InChI=1S/C27H24N4O3S/c1-3-34-23-16-10-9-15-22(23)28-27-30(18(2)17-35-27)26(33)24-20-13-7-8-14-21(20)25(32)31(29-24)19-11-5-4-6-12-19/h4-16,18H,3,17H2,1-2H3. The normalized spacial score (nSPS) is 16.7. The predicted octanol–water partition coefficient (Wildman–Crippen LogP) is 5.05. The quantitative estimate of drug-likeness (QED) is 0.396. The number of para-hydroxylation sites is 3. The van der Waals surface area contributed by atoms with Crippen molar-refractivity contribution in [2.45, 2.75) is 19.9 Å². The lowest BCUT2D eigenvalue weighted by atomic mass is 10.1. The van der Waals surface area contributed by atoms with Crippen molar-refractivity contribution in [1.29, 1.82) is 0 Å². The number of carbonyl (C=O) groups excluding carboxylic acids is 1. The molecule has 0 aliphatic carbocycles. The Hall–Kier alpha value is -3.91. The highest BCUT2D eigenvalue weighted by Gasteiger charge is 2.35. The number of aliphatic imine (C=N–C) groups is 1. The molecule has 1 aromatic heterocycles. The molecule has 7 nitrogen and oxygen atoms in total. The van der Waals surface area contributed by atoms with Gasteiger partial charge in [0.25, 0.3) is 11.5 Å². The summed E-state index contributed by atoms with van der Waals surface area (Å²) in [5.74, 6) is 1.07. The van der Waals surface area contributed by atoms with Crippen LogP contribution in [-0.4, -0.2) is 44.2 Å². The molecule has 1 atom stereocenters. The largest absolute Gasteiger partial charge is 0.492 e. The number of benzene rings is 3. The van der Waals surface area contributed by atoms with Gasteiger partial charge in [-0.2, -0.15) is 9.78 Å². The maximum absolute atomic E-state index is 14.0. The van der Waals surface area contributed by atoms with Crippen LogP contribution in [0.2, 0.25) is 0 Å². The number of thioether (sulfide) groups is 1. The van der Waals surface area contributed by atoms with Gasteiger partial charge in [-0.15, -0.1) is 0 Å². The molecule has 1 saturated heterocycles. The van der Waals surface area contributed by atoms with Gasteiger partial charge in [0.05, 0.1) is 17.7 Å². The van der Waals surface area contributed by atoms with Gasteiger partial charge in [0.1, 0.15) is 11.4 Å². The maximum atomic E-state index is 14.0. The summed E-state index contributed by atoms with van der Waals surface area (Å²) in [6.07, 6.45) is 0. The van der Waals surface area contributed by atoms with Crippen molar-refractivity contribution >= 4 is 39.3 Å². The molecule has 1 amide bonds. The molecule has 0 N–H and O–H groups in total. The number of fused-ring (bicyclic) bond motifs is 1. The third-order valence-electron chi connectivity index (χ3n) is 5.71. The van der Waals surface area contributed by atoms with E-state index < -0.39 is 0 Å². The molecule has 176 valence electrons. The van der Waals surface area contributed by atoms with Crippen LogP contribution in [0.3, 0.4) is 0 Å². The molecule has 0 spiro atoms. The van der Waals surface area contributed by atoms with Crippen LogP contribution in [-0.2, 0) is 0 Å². The van der Waals surface area contributed by atoms with Gasteiger partial charge in [0.2, 0.25) is 0 Å².